The van der Waals surface area contributed by atoms with E-state index in [0.29, 0.717) is 0 Å². The molecule has 0 radical (unpaired) electrons. The van der Waals surface area contributed by atoms with E-state index in [1.807, 2.05) is 18.3 Å². The summed E-state index contributed by atoms with van der Waals surface area (Å²) in [5, 5.41) is 0. The van der Waals surface area contributed by atoms with Crippen molar-refractivity contribution in [2.24, 2.45) is 0 Å². The molecule has 78 valence electrons. The molecular weight excluding hydrogens is 200 g/mol. The molecule has 3 nitrogen and oxygen atoms in total. The van der Waals surface area contributed by atoms with Crippen molar-refractivity contribution in [2.75, 3.05) is 4.90 Å². The summed E-state index contributed by atoms with van der Waals surface area (Å²) < 4.78 is 5.88. The summed E-state index contributed by atoms with van der Waals surface area (Å²) in [6.45, 7) is 0. The minimum atomic E-state index is 0.0994. The van der Waals surface area contributed by atoms with Crippen LogP contribution in [0.3, 0.4) is 0 Å². The van der Waals surface area contributed by atoms with Crippen LogP contribution in [-0.2, 0) is 6.42 Å². The zero-order valence-electron chi connectivity index (χ0n) is 8.63. The van der Waals surface area contributed by atoms with Gasteiger partial charge in [-0.2, -0.15) is 0 Å². The summed E-state index contributed by atoms with van der Waals surface area (Å²) in [6, 6.07) is 12.3. The number of pyridine rings is 1. The highest BCUT2D eigenvalue weighted by Gasteiger charge is 2.39. The first-order chi connectivity index (χ1) is 7.93. The summed E-state index contributed by atoms with van der Waals surface area (Å²) in [5.41, 5.74) is 2.56. The van der Waals surface area contributed by atoms with Crippen LogP contribution >= 0.6 is 0 Å². The van der Waals surface area contributed by atoms with Gasteiger partial charge in [-0.3, -0.25) is 4.90 Å². The van der Waals surface area contributed by atoms with Gasteiger partial charge in [-0.1, -0.05) is 18.2 Å². The Morgan fingerprint density at radius 3 is 3.12 bits per heavy atom. The van der Waals surface area contributed by atoms with Crippen molar-refractivity contribution < 1.29 is 4.74 Å². The molecule has 1 aromatic heterocycles. The Bertz CT molecular complexity index is 518. The predicted octanol–water partition coefficient (Wildman–Crippen LogP) is 2.49. The van der Waals surface area contributed by atoms with Gasteiger partial charge in [0, 0.05) is 18.3 Å². The molecule has 0 bridgehead atoms. The molecule has 3 heterocycles. The zero-order valence-corrected chi connectivity index (χ0v) is 8.63. The number of hydrogen-bond donors (Lipinski definition) is 0. The van der Waals surface area contributed by atoms with Gasteiger partial charge in [-0.15, -0.1) is 0 Å². The second kappa shape index (κ2) is 2.76. The monoisotopic (exact) mass is 210 g/mol. The van der Waals surface area contributed by atoms with E-state index in [1.165, 1.54) is 11.3 Å². The van der Waals surface area contributed by atoms with E-state index in [0.717, 1.165) is 18.0 Å². The topological polar surface area (TPSA) is 25.4 Å². The van der Waals surface area contributed by atoms with Gasteiger partial charge in [0.15, 0.2) is 17.8 Å². The van der Waals surface area contributed by atoms with Crippen molar-refractivity contribution >= 4 is 11.5 Å². The second-order valence-corrected chi connectivity index (χ2v) is 4.10. The van der Waals surface area contributed by atoms with E-state index in [2.05, 4.69) is 34.1 Å². The molecule has 0 aliphatic carbocycles. The van der Waals surface area contributed by atoms with Gasteiger partial charge in [0.1, 0.15) is 0 Å². The standard InChI is InChI=1S/C13H10N2O/c1-2-5-10-9(4-1)8-12-15(10)13-11(16-12)6-3-7-14-13/h1-7,12H,8H2. The molecule has 0 spiro atoms. The molecule has 0 fully saturated rings. The Hall–Kier alpha value is -2.03. The number of rotatable bonds is 0. The second-order valence-electron chi connectivity index (χ2n) is 4.10. The van der Waals surface area contributed by atoms with Crippen LogP contribution in [0.1, 0.15) is 5.56 Å². The Balaban J connectivity index is 1.93. The zero-order chi connectivity index (χ0) is 10.5. The average Bonchev–Trinajstić information content (AvgIpc) is 2.83. The number of para-hydroxylation sites is 1. The third-order valence-electron chi connectivity index (χ3n) is 3.18. The SMILES string of the molecule is c1ccc2c(c1)CC1Oc3cccnc3N21. The molecule has 2 aliphatic heterocycles. The fraction of sp³-hybridized carbons (Fsp3) is 0.154. The molecule has 4 rings (SSSR count). The summed E-state index contributed by atoms with van der Waals surface area (Å²) >= 11 is 0. The van der Waals surface area contributed by atoms with E-state index < -0.39 is 0 Å². The smallest absolute Gasteiger partial charge is 0.182 e. The van der Waals surface area contributed by atoms with Crippen molar-refractivity contribution in [3.63, 3.8) is 0 Å². The van der Waals surface area contributed by atoms with Gasteiger partial charge in [0.05, 0.1) is 0 Å². The van der Waals surface area contributed by atoms with Gasteiger partial charge in [0.25, 0.3) is 0 Å². The first-order valence-corrected chi connectivity index (χ1v) is 5.42. The van der Waals surface area contributed by atoms with Crippen LogP contribution in [0.15, 0.2) is 42.6 Å². The summed E-state index contributed by atoms with van der Waals surface area (Å²) in [6.07, 6.45) is 2.85. The van der Waals surface area contributed by atoms with E-state index in [1.54, 1.807) is 0 Å². The van der Waals surface area contributed by atoms with Gasteiger partial charge in [0.2, 0.25) is 0 Å². The first kappa shape index (κ1) is 8.16. The molecular formula is C13H10N2O. The van der Waals surface area contributed by atoms with Crippen LogP contribution in [0, 0.1) is 0 Å². The lowest BCUT2D eigenvalue weighted by molar-refractivity contribution is 0.244. The highest BCUT2D eigenvalue weighted by Crippen LogP contribution is 2.46. The lowest BCUT2D eigenvalue weighted by atomic mass is 10.1. The van der Waals surface area contributed by atoms with E-state index in [4.69, 9.17) is 4.74 Å². The van der Waals surface area contributed by atoms with Crippen LogP contribution in [-0.4, -0.2) is 11.2 Å². The number of benzene rings is 1. The van der Waals surface area contributed by atoms with E-state index in [9.17, 15) is 0 Å². The molecule has 1 unspecified atom stereocenters. The molecule has 2 aromatic rings. The third kappa shape index (κ3) is 0.902. The molecule has 1 atom stereocenters. The maximum Gasteiger partial charge on any atom is 0.182 e. The molecule has 3 heteroatoms. The van der Waals surface area contributed by atoms with Gasteiger partial charge in [-0.25, -0.2) is 4.98 Å². The van der Waals surface area contributed by atoms with Crippen LogP contribution in [0.5, 0.6) is 5.75 Å². The highest BCUT2D eigenvalue weighted by atomic mass is 16.5. The van der Waals surface area contributed by atoms with E-state index in [-0.39, 0.29) is 6.23 Å². The Kier molecular flexibility index (Phi) is 1.41. The van der Waals surface area contributed by atoms with Crippen molar-refractivity contribution in [2.45, 2.75) is 12.6 Å². The van der Waals surface area contributed by atoms with Gasteiger partial charge < -0.3 is 4.74 Å². The molecule has 0 saturated heterocycles. The lowest BCUT2D eigenvalue weighted by Gasteiger charge is -2.15. The normalized spacial score (nSPS) is 20.0. The summed E-state index contributed by atoms with van der Waals surface area (Å²) in [7, 11) is 0. The Morgan fingerprint density at radius 2 is 2.12 bits per heavy atom. The number of ether oxygens (including phenoxy) is 1. The molecule has 0 amide bonds. The highest BCUT2D eigenvalue weighted by molar-refractivity contribution is 5.74. The minimum Gasteiger partial charge on any atom is -0.466 e. The Morgan fingerprint density at radius 1 is 1.19 bits per heavy atom. The van der Waals surface area contributed by atoms with Gasteiger partial charge >= 0.3 is 0 Å². The van der Waals surface area contributed by atoms with Crippen molar-refractivity contribution in [3.05, 3.63) is 48.2 Å². The maximum absolute atomic E-state index is 5.88. The van der Waals surface area contributed by atoms with Crippen LogP contribution in [0.25, 0.3) is 0 Å². The fourth-order valence-electron chi connectivity index (χ4n) is 2.50. The molecule has 16 heavy (non-hydrogen) atoms. The summed E-state index contributed by atoms with van der Waals surface area (Å²) in [4.78, 5) is 6.59. The molecule has 2 aliphatic rings. The fourth-order valence-corrected chi connectivity index (χ4v) is 2.50. The first-order valence-electron chi connectivity index (χ1n) is 5.42. The van der Waals surface area contributed by atoms with E-state index >= 15 is 0 Å². The number of fused-ring (bicyclic) bond motifs is 5. The van der Waals surface area contributed by atoms with Crippen molar-refractivity contribution in [1.82, 2.24) is 4.98 Å². The van der Waals surface area contributed by atoms with Crippen LogP contribution in [0.2, 0.25) is 0 Å². The van der Waals surface area contributed by atoms with Crippen LogP contribution in [0.4, 0.5) is 11.5 Å². The summed E-state index contributed by atoms with van der Waals surface area (Å²) in [5.74, 6) is 1.83. The van der Waals surface area contributed by atoms with Crippen molar-refractivity contribution in [1.29, 1.82) is 0 Å². The maximum atomic E-state index is 5.88. The van der Waals surface area contributed by atoms with Crippen molar-refractivity contribution in [3.8, 4) is 5.75 Å². The quantitative estimate of drug-likeness (QED) is 0.668. The van der Waals surface area contributed by atoms with Gasteiger partial charge in [-0.05, 0) is 23.8 Å². The average molecular weight is 210 g/mol. The minimum absolute atomic E-state index is 0.0994. The predicted molar refractivity (Wildman–Crippen MR) is 60.9 cm³/mol. The number of aromatic nitrogens is 1. The number of hydrogen-bond acceptors (Lipinski definition) is 3. The van der Waals surface area contributed by atoms with Crippen LogP contribution < -0.4 is 9.64 Å². The lowest BCUT2D eigenvalue weighted by Crippen LogP contribution is -2.26. The number of nitrogens with zero attached hydrogens (tertiary/aromatic N) is 2. The molecule has 1 aromatic carbocycles. The third-order valence-corrected chi connectivity index (χ3v) is 3.18. The largest absolute Gasteiger partial charge is 0.466 e. The Labute approximate surface area is 93.3 Å². The number of anilines is 2. The molecule has 0 saturated carbocycles. The molecule has 0 N–H and O–H groups in total.